The van der Waals surface area contributed by atoms with Crippen molar-refractivity contribution in [3.63, 3.8) is 0 Å². The molecule has 4 nitrogen and oxygen atoms in total. The molecule has 82 valence electrons. The minimum Gasteiger partial charge on any atom is -0.466 e. The fraction of sp³-hybridized carbons (Fsp3) is 0.400. The molecule has 0 spiro atoms. The number of thiocarbonyl (C=S) groups is 1. The lowest BCUT2D eigenvalue weighted by Crippen LogP contribution is -2.27. The second-order valence-corrected chi connectivity index (χ2v) is 3.82. The van der Waals surface area contributed by atoms with Gasteiger partial charge in [0.2, 0.25) is 0 Å². The van der Waals surface area contributed by atoms with E-state index >= 15 is 0 Å². The zero-order valence-electron chi connectivity index (χ0n) is 8.79. The molecule has 0 atom stereocenters. The van der Waals surface area contributed by atoms with Crippen molar-refractivity contribution < 1.29 is 9.21 Å². The van der Waals surface area contributed by atoms with E-state index < -0.39 is 0 Å². The summed E-state index contributed by atoms with van der Waals surface area (Å²) in [6, 6.07) is 1.71. The Morgan fingerprint density at radius 3 is 2.73 bits per heavy atom. The number of hydrogen-bond acceptors (Lipinski definition) is 3. The number of nitrogens with one attached hydrogen (secondary N) is 1. The molecule has 0 saturated carbocycles. The Morgan fingerprint density at radius 2 is 2.27 bits per heavy atom. The van der Waals surface area contributed by atoms with Crippen molar-refractivity contribution in [2.24, 2.45) is 5.73 Å². The van der Waals surface area contributed by atoms with E-state index in [4.69, 9.17) is 22.4 Å². The predicted octanol–water partition coefficient (Wildman–Crippen LogP) is 1.30. The van der Waals surface area contributed by atoms with Gasteiger partial charge >= 0.3 is 0 Å². The van der Waals surface area contributed by atoms with Crippen LogP contribution in [0.15, 0.2) is 10.5 Å². The molecule has 5 heteroatoms. The van der Waals surface area contributed by atoms with Crippen molar-refractivity contribution in [3.8, 4) is 0 Å². The monoisotopic (exact) mass is 226 g/mol. The van der Waals surface area contributed by atoms with E-state index in [2.05, 4.69) is 5.32 Å². The van der Waals surface area contributed by atoms with Crippen LogP contribution in [-0.4, -0.2) is 17.4 Å². The zero-order chi connectivity index (χ0) is 11.4. The maximum absolute atomic E-state index is 11.6. The third-order valence-corrected chi connectivity index (χ3v) is 2.15. The third-order valence-electron chi connectivity index (χ3n) is 1.94. The van der Waals surface area contributed by atoms with Gasteiger partial charge in [-0.3, -0.25) is 4.79 Å². The highest BCUT2D eigenvalue weighted by atomic mass is 32.1. The highest BCUT2D eigenvalue weighted by Crippen LogP contribution is 2.13. The standard InChI is InChI=1S/C10H14N2O2S/c1-6-5-8(7(2)14-6)10(13)12-4-3-9(11)15/h5H,3-4H2,1-2H3,(H2,11,15)(H,12,13). The van der Waals surface area contributed by atoms with Crippen LogP contribution in [0.1, 0.15) is 28.3 Å². The number of amides is 1. The van der Waals surface area contributed by atoms with Crippen LogP contribution in [0.4, 0.5) is 0 Å². The summed E-state index contributed by atoms with van der Waals surface area (Å²) in [5.74, 6) is 1.20. The Kier molecular flexibility index (Phi) is 3.85. The minimum absolute atomic E-state index is 0.152. The summed E-state index contributed by atoms with van der Waals surface area (Å²) in [6.45, 7) is 4.02. The summed E-state index contributed by atoms with van der Waals surface area (Å²) in [5.41, 5.74) is 5.88. The van der Waals surface area contributed by atoms with Crippen molar-refractivity contribution in [2.75, 3.05) is 6.54 Å². The number of rotatable bonds is 4. The van der Waals surface area contributed by atoms with E-state index in [1.165, 1.54) is 0 Å². The van der Waals surface area contributed by atoms with Crippen LogP contribution in [0, 0.1) is 13.8 Å². The molecule has 0 fully saturated rings. The molecule has 3 N–H and O–H groups in total. The first-order chi connectivity index (χ1) is 7.00. The van der Waals surface area contributed by atoms with Crippen molar-refractivity contribution in [2.45, 2.75) is 20.3 Å². The first-order valence-electron chi connectivity index (χ1n) is 4.64. The molecule has 0 radical (unpaired) electrons. The van der Waals surface area contributed by atoms with Gasteiger partial charge in [0.15, 0.2) is 0 Å². The fourth-order valence-corrected chi connectivity index (χ4v) is 1.35. The van der Waals surface area contributed by atoms with Crippen LogP contribution < -0.4 is 11.1 Å². The van der Waals surface area contributed by atoms with Crippen molar-refractivity contribution in [3.05, 3.63) is 23.2 Å². The molecular weight excluding hydrogens is 212 g/mol. The molecule has 0 aliphatic rings. The number of nitrogens with two attached hydrogens (primary N) is 1. The predicted molar refractivity (Wildman–Crippen MR) is 61.9 cm³/mol. The van der Waals surface area contributed by atoms with E-state index in [0.29, 0.717) is 29.3 Å². The maximum atomic E-state index is 11.6. The van der Waals surface area contributed by atoms with Gasteiger partial charge in [0.05, 0.1) is 10.6 Å². The molecule has 1 amide bonds. The molecule has 0 bridgehead atoms. The molecule has 1 aromatic heterocycles. The van der Waals surface area contributed by atoms with E-state index in [-0.39, 0.29) is 5.91 Å². The second-order valence-electron chi connectivity index (χ2n) is 3.30. The lowest BCUT2D eigenvalue weighted by molar-refractivity contribution is 0.0953. The van der Waals surface area contributed by atoms with Gasteiger partial charge in [0.1, 0.15) is 11.5 Å². The first kappa shape index (κ1) is 11.7. The maximum Gasteiger partial charge on any atom is 0.254 e. The molecular formula is C10H14N2O2S. The minimum atomic E-state index is -0.152. The van der Waals surface area contributed by atoms with Gasteiger partial charge in [-0.05, 0) is 19.9 Å². The lowest BCUT2D eigenvalue weighted by atomic mass is 10.2. The summed E-state index contributed by atoms with van der Waals surface area (Å²) < 4.78 is 5.25. The number of furan rings is 1. The van der Waals surface area contributed by atoms with Gasteiger partial charge in [0, 0.05) is 13.0 Å². The van der Waals surface area contributed by atoms with Gasteiger partial charge in [-0.1, -0.05) is 12.2 Å². The highest BCUT2D eigenvalue weighted by molar-refractivity contribution is 7.80. The molecule has 15 heavy (non-hydrogen) atoms. The lowest BCUT2D eigenvalue weighted by Gasteiger charge is -2.02. The van der Waals surface area contributed by atoms with Gasteiger partial charge in [0.25, 0.3) is 5.91 Å². The summed E-state index contributed by atoms with van der Waals surface area (Å²) in [6.07, 6.45) is 0.511. The Balaban J connectivity index is 2.54. The molecule has 0 saturated heterocycles. The number of carbonyl (C=O) groups is 1. The summed E-state index contributed by atoms with van der Waals surface area (Å²) in [7, 11) is 0. The van der Waals surface area contributed by atoms with E-state index in [9.17, 15) is 4.79 Å². The Labute approximate surface area is 93.8 Å². The topological polar surface area (TPSA) is 68.3 Å². The van der Waals surface area contributed by atoms with Gasteiger partial charge in [-0.25, -0.2) is 0 Å². The third kappa shape index (κ3) is 3.36. The molecule has 1 heterocycles. The largest absolute Gasteiger partial charge is 0.466 e. The fourth-order valence-electron chi connectivity index (χ4n) is 1.25. The van der Waals surface area contributed by atoms with Crippen LogP contribution in [0.25, 0.3) is 0 Å². The van der Waals surface area contributed by atoms with Crippen LogP contribution in [0.3, 0.4) is 0 Å². The average molecular weight is 226 g/mol. The normalized spacial score (nSPS) is 10.0. The molecule has 0 aliphatic carbocycles. The highest BCUT2D eigenvalue weighted by Gasteiger charge is 2.12. The van der Waals surface area contributed by atoms with Gasteiger partial charge in [-0.15, -0.1) is 0 Å². The quantitative estimate of drug-likeness (QED) is 0.759. The summed E-state index contributed by atoms with van der Waals surface area (Å²) in [4.78, 5) is 12.0. The Morgan fingerprint density at radius 1 is 1.60 bits per heavy atom. The summed E-state index contributed by atoms with van der Waals surface area (Å²) >= 11 is 4.70. The number of aryl methyl sites for hydroxylation is 2. The van der Waals surface area contributed by atoms with Crippen LogP contribution in [-0.2, 0) is 0 Å². The molecule has 0 aliphatic heterocycles. The van der Waals surface area contributed by atoms with Crippen molar-refractivity contribution in [1.29, 1.82) is 0 Å². The first-order valence-corrected chi connectivity index (χ1v) is 5.05. The molecule has 1 aromatic rings. The van der Waals surface area contributed by atoms with E-state index in [1.807, 2.05) is 0 Å². The Bertz CT molecular complexity index is 385. The number of hydrogen-bond donors (Lipinski definition) is 2. The number of carbonyl (C=O) groups excluding carboxylic acids is 1. The molecule has 0 aromatic carbocycles. The van der Waals surface area contributed by atoms with Crippen LogP contribution >= 0.6 is 12.2 Å². The molecule has 0 unspecified atom stereocenters. The molecule has 1 rings (SSSR count). The second kappa shape index (κ2) is 4.93. The van der Waals surface area contributed by atoms with E-state index in [0.717, 1.165) is 5.76 Å². The zero-order valence-corrected chi connectivity index (χ0v) is 9.61. The van der Waals surface area contributed by atoms with Crippen molar-refractivity contribution >= 4 is 23.1 Å². The van der Waals surface area contributed by atoms with Gasteiger partial charge in [-0.2, -0.15) is 0 Å². The van der Waals surface area contributed by atoms with Crippen LogP contribution in [0.2, 0.25) is 0 Å². The van der Waals surface area contributed by atoms with E-state index in [1.54, 1.807) is 19.9 Å². The van der Waals surface area contributed by atoms with Crippen LogP contribution in [0.5, 0.6) is 0 Å². The Hall–Kier alpha value is -1.36. The SMILES string of the molecule is Cc1cc(C(=O)NCCC(N)=S)c(C)o1. The van der Waals surface area contributed by atoms with Crippen molar-refractivity contribution in [1.82, 2.24) is 5.32 Å². The van der Waals surface area contributed by atoms with Gasteiger partial charge < -0.3 is 15.5 Å². The average Bonchev–Trinajstić information content (AvgIpc) is 2.44. The summed E-state index contributed by atoms with van der Waals surface area (Å²) in [5, 5.41) is 2.72. The smallest absolute Gasteiger partial charge is 0.254 e.